The van der Waals surface area contributed by atoms with Crippen LogP contribution in [-0.2, 0) is 31.7 Å². The molecule has 0 aliphatic carbocycles. The van der Waals surface area contributed by atoms with E-state index in [1.807, 2.05) is 36.4 Å². The van der Waals surface area contributed by atoms with Gasteiger partial charge in [0.1, 0.15) is 0 Å². The fourth-order valence-corrected chi connectivity index (χ4v) is 0.589. The van der Waals surface area contributed by atoms with Crippen LogP contribution in [0.15, 0.2) is 36.9 Å². The van der Waals surface area contributed by atoms with Crippen molar-refractivity contribution in [2.75, 3.05) is 0 Å². The average molecular weight is 240 g/mol. The third-order valence-corrected chi connectivity index (χ3v) is 1.04. The zero-order valence-corrected chi connectivity index (χ0v) is 9.08. The van der Waals surface area contributed by atoms with Crippen LogP contribution in [0, 0.1) is 0 Å². The van der Waals surface area contributed by atoms with E-state index in [1.54, 1.807) is 0 Å². The van der Waals surface area contributed by atoms with Crippen LogP contribution in [0.2, 0.25) is 0 Å². The van der Waals surface area contributed by atoms with Gasteiger partial charge in [-0.15, -0.1) is 0 Å². The summed E-state index contributed by atoms with van der Waals surface area (Å²) in [6, 6.07) is 10.0. The first-order chi connectivity index (χ1) is 6.93. The number of rotatable bonds is 1. The van der Waals surface area contributed by atoms with Crippen molar-refractivity contribution in [2.45, 2.75) is 0 Å². The molecule has 15 heavy (non-hydrogen) atoms. The Morgan fingerprint density at radius 3 is 1.40 bits per heavy atom. The van der Waals surface area contributed by atoms with E-state index < -0.39 is 0 Å². The number of carbonyl (C=O) groups excluding carboxylic acids is 3. The van der Waals surface area contributed by atoms with Crippen LogP contribution in [0.4, 0.5) is 0 Å². The van der Waals surface area contributed by atoms with Gasteiger partial charge in [-0.25, -0.2) is 0 Å². The van der Waals surface area contributed by atoms with Gasteiger partial charge in [0, 0.05) is 17.4 Å². The SMILES string of the molecule is C=Cc1ccccc1.[C]=O.[C]=O.[C]=O.[Cr]. The first-order valence-corrected chi connectivity index (χ1v) is 3.22. The van der Waals surface area contributed by atoms with E-state index in [4.69, 9.17) is 14.4 Å². The Labute approximate surface area is 101 Å². The third-order valence-electron chi connectivity index (χ3n) is 1.04. The van der Waals surface area contributed by atoms with Gasteiger partial charge >= 0.3 is 0 Å². The van der Waals surface area contributed by atoms with E-state index in [-0.39, 0.29) is 17.4 Å². The van der Waals surface area contributed by atoms with E-state index in [0.717, 1.165) is 0 Å². The molecule has 0 unspecified atom stereocenters. The maximum absolute atomic E-state index is 7.50. The molecule has 1 aromatic rings. The summed E-state index contributed by atoms with van der Waals surface area (Å²) in [5.41, 5.74) is 1.17. The van der Waals surface area contributed by atoms with Gasteiger partial charge in [0.15, 0.2) is 0 Å². The summed E-state index contributed by atoms with van der Waals surface area (Å²) in [6.07, 6.45) is 1.83. The van der Waals surface area contributed by atoms with Crippen molar-refractivity contribution < 1.29 is 31.7 Å². The molecule has 0 aliphatic rings. The van der Waals surface area contributed by atoms with Gasteiger partial charge < -0.3 is 0 Å². The van der Waals surface area contributed by atoms with Gasteiger partial charge in [0.2, 0.25) is 0 Å². The second-order valence-electron chi connectivity index (χ2n) is 1.61. The van der Waals surface area contributed by atoms with Gasteiger partial charge in [0.05, 0.1) is 0 Å². The predicted octanol–water partition coefficient (Wildman–Crippen LogP) is 1.14. The molecule has 4 heteroatoms. The Morgan fingerprint density at radius 1 is 0.867 bits per heavy atom. The second-order valence-corrected chi connectivity index (χ2v) is 1.61. The molecule has 0 fully saturated rings. The molecule has 0 aromatic heterocycles. The molecule has 76 valence electrons. The largest absolute Gasteiger partial charge is 0.281 e. The van der Waals surface area contributed by atoms with E-state index in [2.05, 4.69) is 26.9 Å². The number of hydrogen-bond donors (Lipinski definition) is 0. The Morgan fingerprint density at radius 2 is 1.20 bits per heavy atom. The van der Waals surface area contributed by atoms with Crippen molar-refractivity contribution in [1.82, 2.24) is 0 Å². The molecule has 0 bridgehead atoms. The van der Waals surface area contributed by atoms with E-state index in [0.29, 0.717) is 0 Å². The summed E-state index contributed by atoms with van der Waals surface area (Å²) in [5, 5.41) is 0. The van der Waals surface area contributed by atoms with Crippen molar-refractivity contribution in [3.05, 3.63) is 42.5 Å². The smallest absolute Gasteiger partial charge is 0.281 e. The van der Waals surface area contributed by atoms with Crippen molar-refractivity contribution in [2.24, 2.45) is 0 Å². The number of benzene rings is 1. The normalized spacial score (nSPS) is 5.33. The molecule has 0 spiro atoms. The van der Waals surface area contributed by atoms with E-state index in [9.17, 15) is 0 Å². The topological polar surface area (TPSA) is 51.2 Å². The van der Waals surface area contributed by atoms with Crippen molar-refractivity contribution in [1.29, 1.82) is 0 Å². The fourth-order valence-electron chi connectivity index (χ4n) is 0.589. The van der Waals surface area contributed by atoms with E-state index in [1.165, 1.54) is 5.56 Å². The van der Waals surface area contributed by atoms with Crippen molar-refractivity contribution in [3.63, 3.8) is 0 Å². The molecule has 1 rings (SSSR count). The Balaban J connectivity index is -0.0000000755. The summed E-state index contributed by atoms with van der Waals surface area (Å²) in [4.78, 5) is 22.5. The van der Waals surface area contributed by atoms with Gasteiger partial charge in [-0.1, -0.05) is 43.0 Å². The van der Waals surface area contributed by atoms with Gasteiger partial charge in [-0.05, 0) is 5.56 Å². The van der Waals surface area contributed by atoms with Crippen LogP contribution in [-0.4, -0.2) is 20.4 Å². The van der Waals surface area contributed by atoms with Crippen LogP contribution < -0.4 is 0 Å². The molecule has 1 aromatic carbocycles. The van der Waals surface area contributed by atoms with Crippen LogP contribution in [0.25, 0.3) is 6.08 Å². The van der Waals surface area contributed by atoms with Gasteiger partial charge in [0.25, 0.3) is 20.4 Å². The summed E-state index contributed by atoms with van der Waals surface area (Å²) in [6.45, 7) is 17.1. The quantitative estimate of drug-likeness (QED) is 0.739. The average Bonchev–Trinajstić information content (AvgIpc) is 2.37. The van der Waals surface area contributed by atoms with Gasteiger partial charge in [-0.2, -0.15) is 0 Å². The molecule has 0 heterocycles. The molecule has 0 atom stereocenters. The zero-order valence-electron chi connectivity index (χ0n) is 7.80. The third kappa shape index (κ3) is 19.1. The monoisotopic (exact) mass is 240 g/mol. The Hall–Kier alpha value is -1.50. The zero-order chi connectivity index (χ0) is 11.8. The molecule has 0 N–H and O–H groups in total. The van der Waals surface area contributed by atoms with Crippen LogP contribution in [0.5, 0.6) is 0 Å². The first kappa shape index (κ1) is 23.4. The summed E-state index contributed by atoms with van der Waals surface area (Å²) >= 11 is 0. The fraction of sp³-hybridized carbons (Fsp3) is 0. The first-order valence-electron chi connectivity index (χ1n) is 3.22. The minimum atomic E-state index is 0. The van der Waals surface area contributed by atoms with Crippen molar-refractivity contribution in [3.8, 4) is 0 Å². The summed E-state index contributed by atoms with van der Waals surface area (Å²) < 4.78 is 0. The Bertz CT molecular complexity index is 210. The molecule has 0 saturated carbocycles. The van der Waals surface area contributed by atoms with E-state index >= 15 is 0 Å². The minimum Gasteiger partial charge on any atom is -0.281 e. The summed E-state index contributed by atoms with van der Waals surface area (Å²) in [5.74, 6) is 0. The Kier molecular flexibility index (Phi) is 45.8. The van der Waals surface area contributed by atoms with Crippen LogP contribution in [0.1, 0.15) is 5.56 Å². The maximum atomic E-state index is 7.50. The van der Waals surface area contributed by atoms with Crippen LogP contribution >= 0.6 is 0 Å². The molecule has 0 saturated heterocycles. The molecular weight excluding hydrogens is 232 g/mol. The molecule has 0 amide bonds. The second kappa shape index (κ2) is 29.4. The van der Waals surface area contributed by atoms with Crippen molar-refractivity contribution >= 4 is 26.4 Å². The molecule has 0 aliphatic heterocycles. The maximum Gasteiger partial charge on any atom is 0.281 e. The molecule has 6 radical (unpaired) electrons. The number of hydrogen-bond acceptors (Lipinski definition) is 3. The standard InChI is InChI=1S/C8H8.3CO.Cr/c1-2-8-6-4-3-5-7-8;3*1-2;/h2-7H,1H2;;;;. The molecule has 3 nitrogen and oxygen atoms in total. The summed E-state index contributed by atoms with van der Waals surface area (Å²) in [7, 11) is 0. The molecular formula is C11H8CrO3. The minimum absolute atomic E-state index is 0. The predicted molar refractivity (Wildman–Crippen MR) is 53.6 cm³/mol. The van der Waals surface area contributed by atoms with Gasteiger partial charge in [-0.3, -0.25) is 14.4 Å². The van der Waals surface area contributed by atoms with Crippen LogP contribution in [0.3, 0.4) is 0 Å².